The van der Waals surface area contributed by atoms with Gasteiger partial charge in [0.2, 0.25) is 0 Å². The monoisotopic (exact) mass is 374 g/mol. The normalized spacial score (nSPS) is 22.8. The lowest BCUT2D eigenvalue weighted by atomic mass is 9.97. The summed E-state index contributed by atoms with van der Waals surface area (Å²) < 4.78 is 0. The maximum atomic E-state index is 6.01. The molecule has 1 heterocycles. The van der Waals surface area contributed by atoms with Crippen LogP contribution in [0.5, 0.6) is 0 Å². The largest absolute Gasteiger partial charge is 0.314 e. The summed E-state index contributed by atoms with van der Waals surface area (Å²) >= 11 is 6.01. The van der Waals surface area contributed by atoms with E-state index in [2.05, 4.69) is 75.3 Å². The first-order valence-corrected chi connectivity index (χ1v) is 10.2. The zero-order valence-corrected chi connectivity index (χ0v) is 17.9. The molecule has 1 aromatic carbocycles. The summed E-state index contributed by atoms with van der Waals surface area (Å²) in [7, 11) is 2.18. The molecule has 3 heteroatoms. The molecule has 0 radical (unpaired) electrons. The van der Waals surface area contributed by atoms with Crippen LogP contribution in [0.1, 0.15) is 57.6 Å². The quantitative estimate of drug-likeness (QED) is 0.694. The standard InChI is InChI=1S/C16H19Cl.C7H16N2/c1-3-12(2)5-4-6-13-7-8-14-11-15(17)9-10-16(13)14;1-7(2)6-8-4-5-9(7)3/h3-5,9-11,13H,6-8H2,1-2H3;8H,4-6H2,1-3H3/b5-4-,12-3-;. The number of hydrogen-bond donors (Lipinski definition) is 1. The van der Waals surface area contributed by atoms with Crippen molar-refractivity contribution in [2.24, 2.45) is 0 Å². The van der Waals surface area contributed by atoms with Gasteiger partial charge >= 0.3 is 0 Å². The van der Waals surface area contributed by atoms with E-state index in [1.165, 1.54) is 36.1 Å². The van der Waals surface area contributed by atoms with Gasteiger partial charge in [-0.15, -0.1) is 0 Å². The van der Waals surface area contributed by atoms with Crippen molar-refractivity contribution in [1.29, 1.82) is 0 Å². The minimum absolute atomic E-state index is 0.359. The Balaban J connectivity index is 0.000000228. The molecule has 1 saturated heterocycles. The van der Waals surface area contributed by atoms with Crippen molar-refractivity contribution < 1.29 is 0 Å². The van der Waals surface area contributed by atoms with E-state index in [0.29, 0.717) is 11.5 Å². The van der Waals surface area contributed by atoms with Crippen molar-refractivity contribution in [1.82, 2.24) is 10.2 Å². The van der Waals surface area contributed by atoms with Gasteiger partial charge in [0.05, 0.1) is 0 Å². The molecule has 0 aromatic heterocycles. The van der Waals surface area contributed by atoms with Crippen molar-refractivity contribution in [2.75, 3.05) is 26.7 Å². The highest BCUT2D eigenvalue weighted by molar-refractivity contribution is 6.30. The highest BCUT2D eigenvalue weighted by atomic mass is 35.5. The second kappa shape index (κ2) is 9.73. The first kappa shape index (κ1) is 21.2. The van der Waals surface area contributed by atoms with Crippen LogP contribution in [0.15, 0.2) is 42.0 Å². The molecule has 1 atom stereocenters. The number of allylic oxidation sites excluding steroid dienone is 4. The van der Waals surface area contributed by atoms with Crippen molar-refractivity contribution in [3.8, 4) is 0 Å². The third-order valence-electron chi connectivity index (χ3n) is 5.78. The molecule has 144 valence electrons. The number of benzene rings is 1. The molecule has 1 fully saturated rings. The van der Waals surface area contributed by atoms with Crippen molar-refractivity contribution >= 4 is 11.6 Å². The molecule has 0 spiro atoms. The second-order valence-electron chi connectivity index (χ2n) is 8.16. The van der Waals surface area contributed by atoms with Crippen LogP contribution in [0.2, 0.25) is 5.02 Å². The molecule has 1 aliphatic carbocycles. The van der Waals surface area contributed by atoms with Crippen LogP contribution in [-0.2, 0) is 6.42 Å². The van der Waals surface area contributed by atoms with E-state index in [-0.39, 0.29) is 0 Å². The van der Waals surface area contributed by atoms with Gasteiger partial charge < -0.3 is 5.32 Å². The fraction of sp³-hybridized carbons (Fsp3) is 0.565. The smallest absolute Gasteiger partial charge is 0.0408 e. The molecule has 1 aromatic rings. The van der Waals surface area contributed by atoms with Gasteiger partial charge in [0, 0.05) is 30.2 Å². The molecule has 0 bridgehead atoms. The van der Waals surface area contributed by atoms with E-state index in [0.717, 1.165) is 24.5 Å². The van der Waals surface area contributed by atoms with Crippen molar-refractivity contribution in [2.45, 2.75) is 58.4 Å². The number of piperazine rings is 1. The van der Waals surface area contributed by atoms with Crippen LogP contribution in [0, 0.1) is 0 Å². The van der Waals surface area contributed by atoms with E-state index < -0.39 is 0 Å². The highest BCUT2D eigenvalue weighted by Crippen LogP contribution is 2.36. The Labute approximate surface area is 165 Å². The molecule has 2 aliphatic rings. The summed E-state index contributed by atoms with van der Waals surface area (Å²) in [6.07, 6.45) is 10.2. The maximum absolute atomic E-state index is 6.01. The molecule has 1 N–H and O–H groups in total. The Hall–Kier alpha value is -1.09. The van der Waals surface area contributed by atoms with E-state index in [9.17, 15) is 0 Å². The number of halogens is 1. The summed E-state index contributed by atoms with van der Waals surface area (Å²) in [5, 5.41) is 4.23. The molecule has 1 aliphatic heterocycles. The van der Waals surface area contributed by atoms with E-state index in [1.807, 2.05) is 6.07 Å². The number of aryl methyl sites for hydroxylation is 1. The van der Waals surface area contributed by atoms with Gasteiger partial charge in [-0.1, -0.05) is 41.5 Å². The average Bonchev–Trinajstić information content (AvgIpc) is 3.00. The fourth-order valence-electron chi connectivity index (χ4n) is 3.51. The predicted octanol–water partition coefficient (Wildman–Crippen LogP) is 5.58. The lowest BCUT2D eigenvalue weighted by molar-refractivity contribution is 0.123. The Morgan fingerprint density at radius 2 is 2.15 bits per heavy atom. The summed E-state index contributed by atoms with van der Waals surface area (Å²) in [6.45, 7) is 12.2. The van der Waals surface area contributed by atoms with Gasteiger partial charge in [0.1, 0.15) is 0 Å². The Kier molecular flexibility index (Phi) is 7.94. The summed E-state index contributed by atoms with van der Waals surface area (Å²) in [5.74, 6) is 0.683. The molecule has 3 rings (SSSR count). The summed E-state index contributed by atoms with van der Waals surface area (Å²) in [6, 6.07) is 6.34. The van der Waals surface area contributed by atoms with Crippen LogP contribution >= 0.6 is 11.6 Å². The molecular formula is C23H35ClN2. The van der Waals surface area contributed by atoms with Crippen LogP contribution in [0.4, 0.5) is 0 Å². The first-order chi connectivity index (χ1) is 12.3. The summed E-state index contributed by atoms with van der Waals surface area (Å²) in [4.78, 5) is 2.39. The average molecular weight is 375 g/mol. The molecule has 1 unspecified atom stereocenters. The van der Waals surface area contributed by atoms with Crippen molar-refractivity contribution in [3.05, 3.63) is 58.1 Å². The number of fused-ring (bicyclic) bond motifs is 1. The van der Waals surface area contributed by atoms with Crippen molar-refractivity contribution in [3.63, 3.8) is 0 Å². The maximum Gasteiger partial charge on any atom is 0.0408 e. The van der Waals surface area contributed by atoms with Crippen LogP contribution in [0.3, 0.4) is 0 Å². The second-order valence-corrected chi connectivity index (χ2v) is 8.60. The summed E-state index contributed by atoms with van der Waals surface area (Å²) in [5.41, 5.74) is 4.63. The topological polar surface area (TPSA) is 15.3 Å². The molecule has 0 saturated carbocycles. The van der Waals surface area contributed by atoms with Crippen LogP contribution < -0.4 is 5.32 Å². The molecule has 26 heavy (non-hydrogen) atoms. The van der Waals surface area contributed by atoms with E-state index >= 15 is 0 Å². The third kappa shape index (κ3) is 5.97. The number of hydrogen-bond acceptors (Lipinski definition) is 2. The zero-order chi connectivity index (χ0) is 19.2. The van der Waals surface area contributed by atoms with Gasteiger partial charge in [0.15, 0.2) is 0 Å². The van der Waals surface area contributed by atoms with Gasteiger partial charge in [0.25, 0.3) is 0 Å². The minimum Gasteiger partial charge on any atom is -0.314 e. The van der Waals surface area contributed by atoms with E-state index in [1.54, 1.807) is 0 Å². The molecule has 0 amide bonds. The van der Waals surface area contributed by atoms with Gasteiger partial charge in [-0.2, -0.15) is 0 Å². The highest BCUT2D eigenvalue weighted by Gasteiger charge is 2.25. The van der Waals surface area contributed by atoms with Gasteiger partial charge in [-0.3, -0.25) is 4.90 Å². The molecular weight excluding hydrogens is 340 g/mol. The predicted molar refractivity (Wildman–Crippen MR) is 115 cm³/mol. The lowest BCUT2D eigenvalue weighted by Gasteiger charge is -2.40. The Bertz CT molecular complexity index is 646. The Morgan fingerprint density at radius 1 is 1.38 bits per heavy atom. The van der Waals surface area contributed by atoms with Crippen LogP contribution in [0.25, 0.3) is 0 Å². The zero-order valence-electron chi connectivity index (χ0n) is 17.1. The lowest BCUT2D eigenvalue weighted by Crippen LogP contribution is -2.55. The number of likely N-dealkylation sites (N-methyl/N-ethyl adjacent to an activating group) is 1. The van der Waals surface area contributed by atoms with E-state index in [4.69, 9.17) is 11.6 Å². The minimum atomic E-state index is 0.359. The third-order valence-corrected chi connectivity index (χ3v) is 6.01. The number of rotatable bonds is 3. The van der Waals surface area contributed by atoms with Gasteiger partial charge in [-0.05, 0) is 83.2 Å². The van der Waals surface area contributed by atoms with Crippen LogP contribution in [-0.4, -0.2) is 37.1 Å². The number of nitrogens with zero attached hydrogens (tertiary/aromatic N) is 1. The Morgan fingerprint density at radius 3 is 2.77 bits per heavy atom. The fourth-order valence-corrected chi connectivity index (χ4v) is 3.71. The SMILES string of the molecule is C/C=C(C)\C=C/CC1CCc2cc(Cl)ccc21.CN1CCNCC1(C)C. The number of nitrogens with one attached hydrogen (secondary N) is 1. The first-order valence-electron chi connectivity index (χ1n) is 9.83. The van der Waals surface area contributed by atoms with Gasteiger partial charge in [-0.25, -0.2) is 0 Å². The molecule has 2 nitrogen and oxygen atoms in total.